The molecule has 0 spiro atoms. The number of methoxy groups -OCH3 is 1. The van der Waals surface area contributed by atoms with Crippen molar-refractivity contribution in [1.82, 2.24) is 4.98 Å². The summed E-state index contributed by atoms with van der Waals surface area (Å²) in [5.41, 5.74) is 3.70. The molecular formula is C13H15NO. The summed E-state index contributed by atoms with van der Waals surface area (Å²) in [7, 11) is 1.72. The van der Waals surface area contributed by atoms with E-state index in [4.69, 9.17) is 4.74 Å². The minimum Gasteiger partial charge on any atom is -0.384 e. The van der Waals surface area contributed by atoms with Crippen LogP contribution in [0, 0.1) is 0 Å². The molecule has 2 aromatic rings. The first-order valence-electron chi connectivity index (χ1n) is 5.12. The number of H-pyrrole nitrogens is 1. The van der Waals surface area contributed by atoms with Gasteiger partial charge in [-0.15, -0.1) is 0 Å². The quantitative estimate of drug-likeness (QED) is 0.808. The minimum absolute atomic E-state index is 0.759. The maximum Gasteiger partial charge on any atom is 0.0516 e. The lowest BCUT2D eigenvalue weighted by molar-refractivity contribution is 0.201. The third-order valence-corrected chi connectivity index (χ3v) is 2.43. The van der Waals surface area contributed by atoms with E-state index in [1.807, 2.05) is 12.3 Å². The molecule has 1 heterocycles. The normalized spacial score (nSPS) is 10.5. The Hall–Kier alpha value is -1.54. The molecular weight excluding hydrogens is 186 g/mol. The molecule has 2 nitrogen and oxygen atoms in total. The summed E-state index contributed by atoms with van der Waals surface area (Å²) >= 11 is 0. The Balaban J connectivity index is 2.14. The molecule has 0 amide bonds. The predicted octanol–water partition coefficient (Wildman–Crippen LogP) is 2.87. The van der Waals surface area contributed by atoms with Crippen molar-refractivity contribution in [2.45, 2.75) is 6.42 Å². The zero-order valence-corrected chi connectivity index (χ0v) is 8.86. The predicted molar refractivity (Wildman–Crippen MR) is 61.8 cm³/mol. The SMILES string of the molecule is COCCc1cc(-c2ccccc2)c[nH]1. The first-order valence-corrected chi connectivity index (χ1v) is 5.12. The lowest BCUT2D eigenvalue weighted by Crippen LogP contribution is -1.93. The molecule has 78 valence electrons. The highest BCUT2D eigenvalue weighted by Gasteiger charge is 2.00. The van der Waals surface area contributed by atoms with Crippen LogP contribution in [0.15, 0.2) is 42.6 Å². The van der Waals surface area contributed by atoms with Crippen molar-refractivity contribution in [3.8, 4) is 11.1 Å². The molecule has 0 saturated carbocycles. The molecule has 0 aliphatic heterocycles. The fourth-order valence-corrected chi connectivity index (χ4v) is 1.60. The maximum atomic E-state index is 5.04. The smallest absolute Gasteiger partial charge is 0.0516 e. The number of hydrogen-bond acceptors (Lipinski definition) is 1. The summed E-state index contributed by atoms with van der Waals surface area (Å²) in [5, 5.41) is 0. The lowest BCUT2D eigenvalue weighted by Gasteiger charge is -1.96. The second kappa shape index (κ2) is 4.80. The summed E-state index contributed by atoms with van der Waals surface area (Å²) in [4.78, 5) is 3.26. The number of benzene rings is 1. The van der Waals surface area contributed by atoms with Gasteiger partial charge in [-0.2, -0.15) is 0 Å². The van der Waals surface area contributed by atoms with Crippen LogP contribution in [0.2, 0.25) is 0 Å². The fourth-order valence-electron chi connectivity index (χ4n) is 1.60. The highest BCUT2D eigenvalue weighted by atomic mass is 16.5. The Morgan fingerprint density at radius 2 is 1.93 bits per heavy atom. The molecule has 0 saturated heterocycles. The standard InChI is InChI=1S/C13H15NO/c1-15-8-7-13-9-12(10-14-13)11-5-3-2-4-6-11/h2-6,9-10,14H,7-8H2,1H3. The molecule has 2 heteroatoms. The maximum absolute atomic E-state index is 5.04. The topological polar surface area (TPSA) is 25.0 Å². The molecule has 0 aliphatic carbocycles. The van der Waals surface area contributed by atoms with Crippen molar-refractivity contribution < 1.29 is 4.74 Å². The van der Waals surface area contributed by atoms with Crippen LogP contribution in [0.4, 0.5) is 0 Å². The average molecular weight is 201 g/mol. The Bertz CT molecular complexity index is 405. The summed E-state index contributed by atoms with van der Waals surface area (Å²) in [6, 6.07) is 12.5. The van der Waals surface area contributed by atoms with Crippen molar-refractivity contribution in [1.29, 1.82) is 0 Å². The summed E-state index contributed by atoms with van der Waals surface area (Å²) < 4.78 is 5.04. The van der Waals surface area contributed by atoms with E-state index in [0.29, 0.717) is 0 Å². The first-order chi connectivity index (χ1) is 7.40. The van der Waals surface area contributed by atoms with E-state index in [-0.39, 0.29) is 0 Å². The van der Waals surface area contributed by atoms with Crippen LogP contribution in [0.5, 0.6) is 0 Å². The van der Waals surface area contributed by atoms with Crippen molar-refractivity contribution >= 4 is 0 Å². The van der Waals surface area contributed by atoms with Crippen LogP contribution in [0.3, 0.4) is 0 Å². The Labute approximate surface area is 89.9 Å². The van der Waals surface area contributed by atoms with Gasteiger partial charge in [-0.1, -0.05) is 30.3 Å². The van der Waals surface area contributed by atoms with E-state index in [9.17, 15) is 0 Å². The molecule has 1 N–H and O–H groups in total. The van der Waals surface area contributed by atoms with Crippen LogP contribution in [0.25, 0.3) is 11.1 Å². The van der Waals surface area contributed by atoms with Gasteiger partial charge in [-0.25, -0.2) is 0 Å². The van der Waals surface area contributed by atoms with Crippen molar-refractivity contribution in [3.05, 3.63) is 48.3 Å². The zero-order chi connectivity index (χ0) is 10.5. The van der Waals surface area contributed by atoms with E-state index >= 15 is 0 Å². The van der Waals surface area contributed by atoms with Crippen LogP contribution < -0.4 is 0 Å². The lowest BCUT2D eigenvalue weighted by atomic mass is 10.1. The number of hydrogen-bond donors (Lipinski definition) is 1. The number of ether oxygens (including phenoxy) is 1. The Morgan fingerprint density at radius 3 is 2.67 bits per heavy atom. The van der Waals surface area contributed by atoms with Crippen LogP contribution >= 0.6 is 0 Å². The first kappa shape index (κ1) is 9.99. The van der Waals surface area contributed by atoms with Gasteiger partial charge in [0.05, 0.1) is 6.61 Å². The summed E-state index contributed by atoms with van der Waals surface area (Å²) in [6.07, 6.45) is 2.98. The molecule has 0 unspecified atom stereocenters. The third-order valence-electron chi connectivity index (χ3n) is 2.43. The molecule has 0 fully saturated rings. The van der Waals surface area contributed by atoms with Gasteiger partial charge in [0.15, 0.2) is 0 Å². The minimum atomic E-state index is 0.759. The van der Waals surface area contributed by atoms with E-state index < -0.39 is 0 Å². The largest absolute Gasteiger partial charge is 0.384 e. The van der Waals surface area contributed by atoms with Crippen LogP contribution in [0.1, 0.15) is 5.69 Å². The van der Waals surface area contributed by atoms with E-state index in [1.54, 1.807) is 7.11 Å². The third kappa shape index (κ3) is 2.48. The van der Waals surface area contributed by atoms with Gasteiger partial charge in [0.2, 0.25) is 0 Å². The van der Waals surface area contributed by atoms with E-state index in [0.717, 1.165) is 13.0 Å². The van der Waals surface area contributed by atoms with Gasteiger partial charge in [-0.3, -0.25) is 0 Å². The molecule has 0 radical (unpaired) electrons. The Morgan fingerprint density at radius 1 is 1.13 bits per heavy atom. The van der Waals surface area contributed by atoms with Gasteiger partial charge in [0, 0.05) is 25.4 Å². The number of aromatic nitrogens is 1. The molecule has 0 bridgehead atoms. The van der Waals surface area contributed by atoms with Crippen LogP contribution in [-0.4, -0.2) is 18.7 Å². The molecule has 0 aliphatic rings. The van der Waals surface area contributed by atoms with Gasteiger partial charge < -0.3 is 9.72 Å². The monoisotopic (exact) mass is 201 g/mol. The molecule has 1 aromatic heterocycles. The van der Waals surface area contributed by atoms with Gasteiger partial charge in [-0.05, 0) is 17.2 Å². The number of nitrogens with one attached hydrogen (secondary N) is 1. The molecule has 2 rings (SSSR count). The molecule has 15 heavy (non-hydrogen) atoms. The second-order valence-electron chi connectivity index (χ2n) is 3.52. The highest BCUT2D eigenvalue weighted by Crippen LogP contribution is 2.19. The van der Waals surface area contributed by atoms with Crippen molar-refractivity contribution in [3.63, 3.8) is 0 Å². The second-order valence-corrected chi connectivity index (χ2v) is 3.52. The van der Waals surface area contributed by atoms with Crippen molar-refractivity contribution in [2.24, 2.45) is 0 Å². The Kier molecular flexibility index (Phi) is 3.20. The number of aromatic amines is 1. The number of rotatable bonds is 4. The highest BCUT2D eigenvalue weighted by molar-refractivity contribution is 5.63. The van der Waals surface area contributed by atoms with Gasteiger partial charge in [0.1, 0.15) is 0 Å². The van der Waals surface area contributed by atoms with Gasteiger partial charge in [0.25, 0.3) is 0 Å². The van der Waals surface area contributed by atoms with Gasteiger partial charge >= 0.3 is 0 Å². The fraction of sp³-hybridized carbons (Fsp3) is 0.231. The van der Waals surface area contributed by atoms with E-state index in [1.165, 1.54) is 16.8 Å². The van der Waals surface area contributed by atoms with E-state index in [2.05, 4.69) is 35.3 Å². The molecule has 1 aromatic carbocycles. The zero-order valence-electron chi connectivity index (χ0n) is 8.86. The molecule has 0 atom stereocenters. The van der Waals surface area contributed by atoms with Crippen molar-refractivity contribution in [2.75, 3.05) is 13.7 Å². The summed E-state index contributed by atoms with van der Waals surface area (Å²) in [5.74, 6) is 0. The summed E-state index contributed by atoms with van der Waals surface area (Å²) in [6.45, 7) is 0.759. The van der Waals surface area contributed by atoms with Crippen LogP contribution in [-0.2, 0) is 11.2 Å². The average Bonchev–Trinajstić information content (AvgIpc) is 2.76.